The van der Waals surface area contributed by atoms with Crippen molar-refractivity contribution in [1.82, 2.24) is 5.43 Å². The van der Waals surface area contributed by atoms with Gasteiger partial charge in [0.25, 0.3) is 5.69 Å². The fourth-order valence-electron chi connectivity index (χ4n) is 4.32. The molecule has 3 aromatic rings. The predicted octanol–water partition coefficient (Wildman–Crippen LogP) is 4.03. The van der Waals surface area contributed by atoms with Gasteiger partial charge >= 0.3 is 23.8 Å². The summed E-state index contributed by atoms with van der Waals surface area (Å²) in [5.41, 5.74) is 3.41. The zero-order valence-electron chi connectivity index (χ0n) is 22.8. The molecule has 2 amide bonds. The van der Waals surface area contributed by atoms with E-state index in [1.165, 1.54) is 68.0 Å². The number of nitro groups is 1. The summed E-state index contributed by atoms with van der Waals surface area (Å²) < 4.78 is 15.5. The van der Waals surface area contributed by atoms with E-state index in [0.29, 0.717) is 12.0 Å². The molecule has 2 N–H and O–H groups in total. The molecule has 0 spiro atoms. The smallest absolute Gasteiger partial charge is 0.350 e. The van der Waals surface area contributed by atoms with E-state index >= 15 is 0 Å². The number of hydrogen-bond donors (Lipinski definition) is 2. The minimum atomic E-state index is -1.06. The molecule has 1 aliphatic rings. The topological polar surface area (TPSA) is 176 Å². The molecule has 0 aliphatic heterocycles. The normalized spacial score (nSPS) is 12.5. The van der Waals surface area contributed by atoms with Crippen molar-refractivity contribution >= 4 is 51.5 Å². The van der Waals surface area contributed by atoms with Crippen molar-refractivity contribution in [3.05, 3.63) is 79.7 Å². The number of methoxy groups -OCH3 is 2. The molecule has 1 aromatic heterocycles. The minimum Gasteiger partial charge on any atom is -0.493 e. The Morgan fingerprint density at radius 1 is 0.976 bits per heavy atom. The number of nitrogens with one attached hydrogen (secondary N) is 2. The van der Waals surface area contributed by atoms with Gasteiger partial charge in [-0.2, -0.15) is 5.10 Å². The Hall–Kier alpha value is -5.11. The summed E-state index contributed by atoms with van der Waals surface area (Å²) >= 11 is 1.25. The Labute approximate surface area is 243 Å². The summed E-state index contributed by atoms with van der Waals surface area (Å²) in [4.78, 5) is 61.7. The van der Waals surface area contributed by atoms with Gasteiger partial charge in [0.15, 0.2) is 11.5 Å². The highest BCUT2D eigenvalue weighted by molar-refractivity contribution is 7.17. The van der Waals surface area contributed by atoms with Crippen LogP contribution in [0.4, 0.5) is 10.7 Å². The lowest BCUT2D eigenvalue weighted by atomic mass is 9.95. The maximum absolute atomic E-state index is 12.6. The number of hydrogen-bond acceptors (Lipinski definition) is 11. The number of thiophene rings is 1. The van der Waals surface area contributed by atoms with Crippen molar-refractivity contribution in [1.29, 1.82) is 0 Å². The first-order valence-corrected chi connectivity index (χ1v) is 13.5. The SMILES string of the molecule is COC(=O)c1c(NC(=O)C(=O)NN=C(C)c2ccc(OC(=O)c3ccccc3[N+](=O)[O-])c(OC)c2)sc2c1CCCC2. The molecule has 13 nitrogen and oxygen atoms in total. The fraction of sp³-hybridized carbons (Fsp3) is 0.250. The number of benzene rings is 2. The number of esters is 2. The number of nitrogens with zero attached hydrogens (tertiary/aromatic N) is 2. The van der Waals surface area contributed by atoms with Gasteiger partial charge in [-0.1, -0.05) is 12.1 Å². The molecule has 218 valence electrons. The van der Waals surface area contributed by atoms with Gasteiger partial charge in [0.2, 0.25) is 0 Å². The van der Waals surface area contributed by atoms with E-state index in [9.17, 15) is 29.3 Å². The first-order chi connectivity index (χ1) is 20.1. The minimum absolute atomic E-state index is 0.000620. The third-order valence-corrected chi connectivity index (χ3v) is 7.63. The van der Waals surface area contributed by atoms with Crippen LogP contribution in [0, 0.1) is 10.1 Å². The quantitative estimate of drug-likeness (QED) is 0.0974. The number of rotatable bonds is 8. The molecule has 0 atom stereocenters. The third-order valence-electron chi connectivity index (χ3n) is 6.42. The van der Waals surface area contributed by atoms with Crippen molar-refractivity contribution in [2.45, 2.75) is 32.6 Å². The number of anilines is 1. The average Bonchev–Trinajstić information content (AvgIpc) is 3.36. The molecule has 0 radical (unpaired) electrons. The Balaban J connectivity index is 1.45. The highest BCUT2D eigenvalue weighted by atomic mass is 32.1. The van der Waals surface area contributed by atoms with E-state index in [-0.39, 0.29) is 33.3 Å². The van der Waals surface area contributed by atoms with Gasteiger partial charge in [-0.3, -0.25) is 19.7 Å². The van der Waals surface area contributed by atoms with Crippen LogP contribution in [0.5, 0.6) is 11.5 Å². The molecular formula is C28H26N4O9S. The Morgan fingerprint density at radius 3 is 2.43 bits per heavy atom. The molecule has 0 bridgehead atoms. The zero-order valence-corrected chi connectivity index (χ0v) is 23.7. The van der Waals surface area contributed by atoms with Crippen LogP contribution in [0.25, 0.3) is 0 Å². The number of nitro benzene ring substituents is 1. The van der Waals surface area contributed by atoms with Gasteiger partial charge in [0, 0.05) is 16.5 Å². The van der Waals surface area contributed by atoms with Crippen LogP contribution in [-0.4, -0.2) is 48.6 Å². The predicted molar refractivity (Wildman–Crippen MR) is 152 cm³/mol. The van der Waals surface area contributed by atoms with Crippen molar-refractivity contribution in [2.24, 2.45) is 5.10 Å². The Bertz CT molecular complexity index is 1610. The third kappa shape index (κ3) is 6.44. The number of carbonyl (C=O) groups is 4. The largest absolute Gasteiger partial charge is 0.493 e. The van der Waals surface area contributed by atoms with Gasteiger partial charge in [-0.15, -0.1) is 11.3 Å². The van der Waals surface area contributed by atoms with E-state index in [4.69, 9.17) is 14.2 Å². The van der Waals surface area contributed by atoms with Gasteiger partial charge in [-0.25, -0.2) is 15.0 Å². The van der Waals surface area contributed by atoms with Crippen LogP contribution in [0.3, 0.4) is 0 Å². The summed E-state index contributed by atoms with van der Waals surface area (Å²) in [6, 6.07) is 9.78. The first kappa shape index (κ1) is 29.9. The van der Waals surface area contributed by atoms with Crippen molar-refractivity contribution in [3.63, 3.8) is 0 Å². The molecule has 1 aliphatic carbocycles. The number of amides is 2. The molecule has 0 saturated heterocycles. The summed E-state index contributed by atoms with van der Waals surface area (Å²) in [7, 11) is 2.59. The summed E-state index contributed by atoms with van der Waals surface area (Å²) in [6.45, 7) is 1.56. The van der Waals surface area contributed by atoms with Crippen LogP contribution in [0.1, 0.15) is 56.5 Å². The van der Waals surface area contributed by atoms with Gasteiger partial charge in [0.05, 0.1) is 30.4 Å². The summed E-state index contributed by atoms with van der Waals surface area (Å²) in [6.07, 6.45) is 3.36. The fourth-order valence-corrected chi connectivity index (χ4v) is 5.59. The highest BCUT2D eigenvalue weighted by Crippen LogP contribution is 2.38. The van der Waals surface area contributed by atoms with Gasteiger partial charge < -0.3 is 19.5 Å². The molecule has 1 heterocycles. The lowest BCUT2D eigenvalue weighted by molar-refractivity contribution is -0.385. The number of ether oxygens (including phenoxy) is 3. The second-order valence-electron chi connectivity index (χ2n) is 9.03. The van der Waals surface area contributed by atoms with Crippen molar-refractivity contribution < 1.29 is 38.3 Å². The van der Waals surface area contributed by atoms with E-state index in [2.05, 4.69) is 15.8 Å². The highest BCUT2D eigenvalue weighted by Gasteiger charge is 2.28. The standard InChI is InChI=1S/C28H26N4O9S/c1-15(16-12-13-20(21(14-16)39-2)41-27(35)17-8-4-6-10-19(17)32(37)38)30-31-25(34)24(33)29-26-23(28(36)40-3)18-9-5-7-11-22(18)42-26/h4,6,8,10,12-14H,5,7,9,11H2,1-3H3,(H,29,33)(H,31,34). The number of carbonyl (C=O) groups excluding carboxylic acids is 4. The molecule has 0 saturated carbocycles. The Kier molecular flexibility index (Phi) is 9.27. The molecule has 4 rings (SSSR count). The first-order valence-electron chi connectivity index (χ1n) is 12.7. The molecule has 0 fully saturated rings. The van der Waals surface area contributed by atoms with E-state index in [1.807, 2.05) is 0 Å². The van der Waals surface area contributed by atoms with E-state index < -0.39 is 34.4 Å². The Morgan fingerprint density at radius 2 is 1.71 bits per heavy atom. The van der Waals surface area contributed by atoms with Gasteiger partial charge in [0.1, 0.15) is 10.6 Å². The van der Waals surface area contributed by atoms with Crippen LogP contribution >= 0.6 is 11.3 Å². The molecule has 42 heavy (non-hydrogen) atoms. The number of fused-ring (bicyclic) bond motifs is 1. The zero-order chi connectivity index (χ0) is 30.4. The van der Waals surface area contributed by atoms with Crippen molar-refractivity contribution in [3.8, 4) is 11.5 Å². The lowest BCUT2D eigenvalue weighted by Gasteiger charge is -2.12. The van der Waals surface area contributed by atoms with Gasteiger partial charge in [-0.05, 0) is 62.4 Å². The lowest BCUT2D eigenvalue weighted by Crippen LogP contribution is -2.33. The van der Waals surface area contributed by atoms with Crippen molar-refractivity contribution in [2.75, 3.05) is 19.5 Å². The number of hydrazone groups is 1. The van der Waals surface area contributed by atoms with E-state index in [1.54, 1.807) is 6.92 Å². The maximum Gasteiger partial charge on any atom is 0.350 e. The average molecular weight is 595 g/mol. The number of para-hydroxylation sites is 1. The van der Waals surface area contributed by atoms with Crippen LogP contribution in [0.2, 0.25) is 0 Å². The molecule has 14 heteroatoms. The van der Waals surface area contributed by atoms with Crippen LogP contribution in [-0.2, 0) is 27.2 Å². The number of aryl methyl sites for hydroxylation is 1. The van der Waals surface area contributed by atoms with Crippen LogP contribution < -0.4 is 20.2 Å². The maximum atomic E-state index is 12.6. The monoisotopic (exact) mass is 594 g/mol. The summed E-state index contributed by atoms with van der Waals surface area (Å²) in [5.74, 6) is -3.47. The second-order valence-corrected chi connectivity index (χ2v) is 10.1. The van der Waals surface area contributed by atoms with E-state index in [0.717, 1.165) is 29.7 Å². The molecular weight excluding hydrogens is 568 g/mol. The molecule has 2 aromatic carbocycles. The molecule has 0 unspecified atom stereocenters. The summed E-state index contributed by atoms with van der Waals surface area (Å²) in [5, 5.41) is 18.0. The van der Waals surface area contributed by atoms with Crippen LogP contribution in [0.15, 0.2) is 47.6 Å². The second kappa shape index (κ2) is 13.0.